The Morgan fingerprint density at radius 2 is 1.71 bits per heavy atom. The first kappa shape index (κ1) is 13.9. The molecule has 86 valence electrons. The summed E-state index contributed by atoms with van der Waals surface area (Å²) in [6.07, 6.45) is 2.89. The first-order valence-corrected chi connectivity index (χ1v) is 5.55. The molecule has 0 saturated carbocycles. The topological polar surface area (TPSA) is 29.5 Å². The average Bonchev–Trinajstić information content (AvgIpc) is 2.09. The van der Waals surface area contributed by atoms with Gasteiger partial charge in [0.15, 0.2) is 0 Å². The van der Waals surface area contributed by atoms with E-state index in [1.54, 1.807) is 7.11 Å². The summed E-state index contributed by atoms with van der Waals surface area (Å²) in [5.74, 6) is 0.645. The van der Waals surface area contributed by atoms with E-state index in [1.165, 1.54) is 0 Å². The lowest BCUT2D eigenvalue weighted by Crippen LogP contribution is -2.26. The quantitative estimate of drug-likeness (QED) is 0.717. The lowest BCUT2D eigenvalue weighted by molar-refractivity contribution is 0.0490. The molecular weight excluding hydrogens is 176 g/mol. The highest BCUT2D eigenvalue weighted by molar-refractivity contribution is 4.73. The minimum Gasteiger partial charge on any atom is -0.393 e. The molecule has 0 aliphatic carbocycles. The largest absolute Gasteiger partial charge is 0.393 e. The van der Waals surface area contributed by atoms with Crippen molar-refractivity contribution in [1.29, 1.82) is 0 Å². The van der Waals surface area contributed by atoms with Crippen LogP contribution in [0.15, 0.2) is 0 Å². The third-order valence-electron chi connectivity index (χ3n) is 2.75. The first-order valence-electron chi connectivity index (χ1n) is 5.55. The van der Waals surface area contributed by atoms with E-state index in [1.807, 2.05) is 0 Å². The summed E-state index contributed by atoms with van der Waals surface area (Å²) < 4.78 is 5.02. The van der Waals surface area contributed by atoms with Crippen LogP contribution < -0.4 is 0 Å². The zero-order chi connectivity index (χ0) is 11.2. The number of aliphatic hydroxyl groups is 1. The SMILES string of the molecule is COCCC(C)CCC(O)C(C)(C)C. The van der Waals surface area contributed by atoms with Gasteiger partial charge < -0.3 is 9.84 Å². The smallest absolute Gasteiger partial charge is 0.0588 e. The fourth-order valence-electron chi connectivity index (χ4n) is 1.34. The number of hydrogen-bond donors (Lipinski definition) is 1. The molecule has 0 heterocycles. The third kappa shape index (κ3) is 6.39. The van der Waals surface area contributed by atoms with Gasteiger partial charge in [0.25, 0.3) is 0 Å². The highest BCUT2D eigenvalue weighted by atomic mass is 16.5. The normalized spacial score (nSPS) is 16.7. The predicted molar refractivity (Wildman–Crippen MR) is 60.4 cm³/mol. The van der Waals surface area contributed by atoms with Crippen molar-refractivity contribution in [3.8, 4) is 0 Å². The van der Waals surface area contributed by atoms with Crippen LogP contribution in [-0.4, -0.2) is 24.9 Å². The average molecular weight is 202 g/mol. The van der Waals surface area contributed by atoms with E-state index in [-0.39, 0.29) is 11.5 Å². The minimum absolute atomic E-state index is 0.0149. The lowest BCUT2D eigenvalue weighted by atomic mass is 9.85. The van der Waals surface area contributed by atoms with Crippen molar-refractivity contribution in [3.63, 3.8) is 0 Å². The second kappa shape index (κ2) is 6.41. The van der Waals surface area contributed by atoms with E-state index in [0.717, 1.165) is 25.9 Å². The van der Waals surface area contributed by atoms with Gasteiger partial charge in [0, 0.05) is 13.7 Å². The molecule has 0 aliphatic heterocycles. The number of methoxy groups -OCH3 is 1. The van der Waals surface area contributed by atoms with Crippen LogP contribution in [0.3, 0.4) is 0 Å². The maximum atomic E-state index is 9.83. The number of ether oxygens (including phenoxy) is 1. The molecule has 2 unspecified atom stereocenters. The zero-order valence-electron chi connectivity index (χ0n) is 10.3. The molecule has 2 heteroatoms. The van der Waals surface area contributed by atoms with Gasteiger partial charge in [0.1, 0.15) is 0 Å². The summed E-state index contributed by atoms with van der Waals surface area (Å²) in [4.78, 5) is 0. The summed E-state index contributed by atoms with van der Waals surface area (Å²) >= 11 is 0. The highest BCUT2D eigenvalue weighted by Gasteiger charge is 2.22. The third-order valence-corrected chi connectivity index (χ3v) is 2.75. The molecule has 0 spiro atoms. The van der Waals surface area contributed by atoms with E-state index in [0.29, 0.717) is 5.92 Å². The molecule has 0 aromatic heterocycles. The van der Waals surface area contributed by atoms with Crippen molar-refractivity contribution in [1.82, 2.24) is 0 Å². The van der Waals surface area contributed by atoms with Crippen LogP contribution in [-0.2, 0) is 4.74 Å². The Hall–Kier alpha value is -0.0800. The summed E-state index contributed by atoms with van der Waals surface area (Å²) in [5, 5.41) is 9.83. The van der Waals surface area contributed by atoms with Crippen LogP contribution in [0.1, 0.15) is 47.0 Å². The Morgan fingerprint density at radius 3 is 2.14 bits per heavy atom. The Bertz CT molecular complexity index is 138. The highest BCUT2D eigenvalue weighted by Crippen LogP contribution is 2.24. The van der Waals surface area contributed by atoms with Gasteiger partial charge in [-0.1, -0.05) is 27.7 Å². The van der Waals surface area contributed by atoms with Crippen LogP contribution in [0, 0.1) is 11.3 Å². The van der Waals surface area contributed by atoms with E-state index >= 15 is 0 Å². The second-order valence-corrected chi connectivity index (χ2v) is 5.35. The van der Waals surface area contributed by atoms with Crippen molar-refractivity contribution in [3.05, 3.63) is 0 Å². The maximum absolute atomic E-state index is 9.83. The summed E-state index contributed by atoms with van der Waals surface area (Å²) in [5.41, 5.74) is 0.0149. The van der Waals surface area contributed by atoms with E-state index in [4.69, 9.17) is 4.74 Å². The Labute approximate surface area is 88.7 Å². The molecule has 0 aromatic rings. The van der Waals surface area contributed by atoms with Crippen molar-refractivity contribution in [2.24, 2.45) is 11.3 Å². The van der Waals surface area contributed by atoms with Gasteiger partial charge in [0.2, 0.25) is 0 Å². The molecule has 0 radical (unpaired) electrons. The summed E-state index contributed by atoms with van der Waals surface area (Å²) in [7, 11) is 1.73. The second-order valence-electron chi connectivity index (χ2n) is 5.35. The standard InChI is InChI=1S/C12H26O2/c1-10(8-9-14-5)6-7-11(13)12(2,3)4/h10-11,13H,6-9H2,1-5H3. The molecule has 0 aromatic carbocycles. The molecular formula is C12H26O2. The van der Waals surface area contributed by atoms with Crippen LogP contribution >= 0.6 is 0 Å². The van der Waals surface area contributed by atoms with Crippen LogP contribution in [0.4, 0.5) is 0 Å². The van der Waals surface area contributed by atoms with Crippen molar-refractivity contribution in [2.75, 3.05) is 13.7 Å². The zero-order valence-corrected chi connectivity index (χ0v) is 10.3. The van der Waals surface area contributed by atoms with Crippen LogP contribution in [0.25, 0.3) is 0 Å². The predicted octanol–water partition coefficient (Wildman–Crippen LogP) is 2.85. The molecule has 0 saturated heterocycles. The maximum Gasteiger partial charge on any atom is 0.0588 e. The fourth-order valence-corrected chi connectivity index (χ4v) is 1.34. The number of hydrogen-bond acceptors (Lipinski definition) is 2. The molecule has 2 atom stereocenters. The van der Waals surface area contributed by atoms with Crippen molar-refractivity contribution < 1.29 is 9.84 Å². The van der Waals surface area contributed by atoms with Gasteiger partial charge in [-0.25, -0.2) is 0 Å². The lowest BCUT2D eigenvalue weighted by Gasteiger charge is -2.26. The van der Waals surface area contributed by atoms with Gasteiger partial charge in [-0.2, -0.15) is 0 Å². The molecule has 0 aliphatic rings. The monoisotopic (exact) mass is 202 g/mol. The molecule has 1 N–H and O–H groups in total. The fraction of sp³-hybridized carbons (Fsp3) is 1.00. The van der Waals surface area contributed by atoms with E-state index < -0.39 is 0 Å². The van der Waals surface area contributed by atoms with Crippen LogP contribution in [0.2, 0.25) is 0 Å². The van der Waals surface area contributed by atoms with Crippen molar-refractivity contribution >= 4 is 0 Å². The Kier molecular flexibility index (Phi) is 6.38. The van der Waals surface area contributed by atoms with Gasteiger partial charge in [-0.15, -0.1) is 0 Å². The number of aliphatic hydroxyl groups excluding tert-OH is 1. The summed E-state index contributed by atoms with van der Waals surface area (Å²) in [6, 6.07) is 0. The minimum atomic E-state index is -0.188. The van der Waals surface area contributed by atoms with Gasteiger partial charge in [-0.05, 0) is 30.6 Å². The Morgan fingerprint density at radius 1 is 1.14 bits per heavy atom. The van der Waals surface area contributed by atoms with Gasteiger partial charge in [0.05, 0.1) is 6.10 Å². The molecule has 0 rings (SSSR count). The number of rotatable bonds is 6. The Balaban J connectivity index is 3.61. The first-order chi connectivity index (χ1) is 6.38. The molecule has 2 nitrogen and oxygen atoms in total. The molecule has 0 fully saturated rings. The van der Waals surface area contributed by atoms with E-state index in [2.05, 4.69) is 27.7 Å². The molecule has 0 bridgehead atoms. The molecule has 14 heavy (non-hydrogen) atoms. The summed E-state index contributed by atoms with van der Waals surface area (Å²) in [6.45, 7) is 9.29. The van der Waals surface area contributed by atoms with Crippen LogP contribution in [0.5, 0.6) is 0 Å². The molecule has 0 amide bonds. The van der Waals surface area contributed by atoms with E-state index in [9.17, 15) is 5.11 Å². The van der Waals surface area contributed by atoms with Crippen molar-refractivity contribution in [2.45, 2.75) is 53.1 Å². The van der Waals surface area contributed by atoms with Gasteiger partial charge in [-0.3, -0.25) is 0 Å². The van der Waals surface area contributed by atoms with Gasteiger partial charge >= 0.3 is 0 Å².